The Bertz CT molecular complexity index is 739. The summed E-state index contributed by atoms with van der Waals surface area (Å²) in [4.78, 5) is 12.5. The maximum atomic E-state index is 12.6. The van der Waals surface area contributed by atoms with Crippen molar-refractivity contribution in [2.24, 2.45) is 5.92 Å². The highest BCUT2D eigenvalue weighted by molar-refractivity contribution is 5.89. The minimum atomic E-state index is -4.45. The second-order valence-corrected chi connectivity index (χ2v) is 6.14. The second-order valence-electron chi connectivity index (χ2n) is 6.14. The van der Waals surface area contributed by atoms with Crippen molar-refractivity contribution in [1.82, 2.24) is 0 Å². The summed E-state index contributed by atoms with van der Waals surface area (Å²) in [6.07, 6.45) is -3.18. The van der Waals surface area contributed by atoms with Crippen LogP contribution in [-0.2, 0) is 16.5 Å². The zero-order valence-corrected chi connectivity index (χ0v) is 13.3. The Morgan fingerprint density at radius 1 is 1.12 bits per heavy atom. The van der Waals surface area contributed by atoms with Crippen LogP contribution in [0, 0.1) is 5.92 Å². The van der Waals surface area contributed by atoms with Gasteiger partial charge in [-0.05, 0) is 42.7 Å². The van der Waals surface area contributed by atoms with E-state index in [-0.39, 0.29) is 18.1 Å². The highest BCUT2D eigenvalue weighted by Crippen LogP contribution is 2.50. The number of alkyl halides is 3. The molecule has 1 saturated carbocycles. The highest BCUT2D eigenvalue weighted by atomic mass is 19.4. The molecule has 0 radical (unpaired) electrons. The van der Waals surface area contributed by atoms with E-state index in [1.165, 1.54) is 0 Å². The number of carbonyl (C=O) groups is 1. The molecule has 0 aromatic heterocycles. The molecule has 132 valence electrons. The molecule has 1 N–H and O–H groups in total. The second kappa shape index (κ2) is 6.52. The maximum absolute atomic E-state index is 12.6. The van der Waals surface area contributed by atoms with Gasteiger partial charge in [-0.15, -0.1) is 0 Å². The molecule has 0 aliphatic heterocycles. The van der Waals surface area contributed by atoms with Crippen LogP contribution >= 0.6 is 0 Å². The minimum Gasteiger partial charge on any atom is -0.450 e. The van der Waals surface area contributed by atoms with Crippen LogP contribution < -0.4 is 0 Å². The standard InChI is InChI=1S/C19H17F3O3/c20-19(21,22)15-8-6-13(7-9-15)17(24)25-18(11-10-16(18)12-23)14-4-2-1-3-5-14/h1-9,16,23H,10-12H2/t16-,18+/m1/s1. The Kier molecular flexibility index (Phi) is 4.56. The van der Waals surface area contributed by atoms with Gasteiger partial charge < -0.3 is 9.84 Å². The van der Waals surface area contributed by atoms with Gasteiger partial charge in [-0.2, -0.15) is 13.2 Å². The monoisotopic (exact) mass is 350 g/mol. The van der Waals surface area contributed by atoms with Gasteiger partial charge >= 0.3 is 12.1 Å². The van der Waals surface area contributed by atoms with Crippen molar-refractivity contribution in [3.63, 3.8) is 0 Å². The lowest BCUT2D eigenvalue weighted by atomic mass is 9.65. The molecule has 0 unspecified atom stereocenters. The lowest BCUT2D eigenvalue weighted by Crippen LogP contribution is -2.49. The fourth-order valence-electron chi connectivity index (χ4n) is 3.16. The molecule has 0 saturated heterocycles. The SMILES string of the molecule is O=C(O[C@]1(c2ccccc2)CC[C@@H]1CO)c1ccc(C(F)(F)F)cc1. The molecule has 1 fully saturated rings. The molecular formula is C19H17F3O3. The van der Waals surface area contributed by atoms with Gasteiger partial charge in [-0.1, -0.05) is 30.3 Å². The molecule has 3 nitrogen and oxygen atoms in total. The number of rotatable bonds is 4. The maximum Gasteiger partial charge on any atom is 0.416 e. The summed E-state index contributed by atoms with van der Waals surface area (Å²) in [5, 5.41) is 9.58. The number of ether oxygens (including phenoxy) is 1. The van der Waals surface area contributed by atoms with E-state index < -0.39 is 23.3 Å². The fraction of sp³-hybridized carbons (Fsp3) is 0.316. The number of carbonyl (C=O) groups excluding carboxylic acids is 1. The van der Waals surface area contributed by atoms with Crippen molar-refractivity contribution in [2.45, 2.75) is 24.6 Å². The first-order chi connectivity index (χ1) is 11.9. The van der Waals surface area contributed by atoms with Crippen LogP contribution in [0.3, 0.4) is 0 Å². The van der Waals surface area contributed by atoms with Crippen molar-refractivity contribution in [1.29, 1.82) is 0 Å². The quantitative estimate of drug-likeness (QED) is 0.843. The first kappa shape index (κ1) is 17.5. The number of hydrogen-bond donors (Lipinski definition) is 1. The molecule has 0 spiro atoms. The molecule has 6 heteroatoms. The zero-order chi connectivity index (χ0) is 18.1. The van der Waals surface area contributed by atoms with Gasteiger partial charge in [0.1, 0.15) is 5.60 Å². The summed E-state index contributed by atoms with van der Waals surface area (Å²) < 4.78 is 43.6. The lowest BCUT2D eigenvalue weighted by molar-refractivity contribution is -0.137. The Morgan fingerprint density at radius 3 is 2.24 bits per heavy atom. The van der Waals surface area contributed by atoms with Crippen LogP contribution in [-0.4, -0.2) is 17.7 Å². The van der Waals surface area contributed by atoms with Crippen LogP contribution in [0.5, 0.6) is 0 Å². The van der Waals surface area contributed by atoms with Gasteiger partial charge in [-0.25, -0.2) is 4.79 Å². The smallest absolute Gasteiger partial charge is 0.416 e. The molecule has 2 aromatic rings. The van der Waals surface area contributed by atoms with Gasteiger partial charge in [0.05, 0.1) is 17.7 Å². The van der Waals surface area contributed by atoms with Crippen LogP contribution in [0.2, 0.25) is 0 Å². The summed E-state index contributed by atoms with van der Waals surface area (Å²) in [5.74, 6) is -0.927. The first-order valence-corrected chi connectivity index (χ1v) is 7.94. The summed E-state index contributed by atoms with van der Waals surface area (Å²) in [6.45, 7) is -0.130. The van der Waals surface area contributed by atoms with Crippen LogP contribution in [0.4, 0.5) is 13.2 Å². The molecule has 0 amide bonds. The van der Waals surface area contributed by atoms with E-state index in [0.29, 0.717) is 12.8 Å². The summed E-state index contributed by atoms with van der Waals surface area (Å²) in [6, 6.07) is 13.0. The Morgan fingerprint density at radius 2 is 1.76 bits per heavy atom. The molecular weight excluding hydrogens is 333 g/mol. The normalized spacial score (nSPS) is 23.0. The van der Waals surface area contributed by atoms with E-state index in [2.05, 4.69) is 0 Å². The Hall–Kier alpha value is -2.34. The number of esters is 1. The molecule has 2 aromatic carbocycles. The molecule has 0 bridgehead atoms. The molecule has 1 aliphatic carbocycles. The van der Waals surface area contributed by atoms with Crippen LogP contribution in [0.25, 0.3) is 0 Å². The van der Waals surface area contributed by atoms with Crippen molar-refractivity contribution in [3.8, 4) is 0 Å². The summed E-state index contributed by atoms with van der Waals surface area (Å²) in [7, 11) is 0. The van der Waals surface area contributed by atoms with Gasteiger partial charge in [0.15, 0.2) is 0 Å². The molecule has 0 heterocycles. The van der Waals surface area contributed by atoms with Crippen molar-refractivity contribution < 1.29 is 27.8 Å². The van der Waals surface area contributed by atoms with E-state index in [1.54, 1.807) is 0 Å². The largest absolute Gasteiger partial charge is 0.450 e. The third-order valence-corrected chi connectivity index (χ3v) is 4.73. The van der Waals surface area contributed by atoms with E-state index in [1.807, 2.05) is 30.3 Å². The van der Waals surface area contributed by atoms with E-state index in [4.69, 9.17) is 4.74 Å². The van der Waals surface area contributed by atoms with Crippen molar-refractivity contribution >= 4 is 5.97 Å². The van der Waals surface area contributed by atoms with Crippen molar-refractivity contribution in [3.05, 3.63) is 71.3 Å². The third kappa shape index (κ3) is 3.26. The molecule has 3 rings (SSSR count). The number of hydrogen-bond acceptors (Lipinski definition) is 3. The zero-order valence-electron chi connectivity index (χ0n) is 13.3. The van der Waals surface area contributed by atoms with Gasteiger partial charge in [0, 0.05) is 5.92 Å². The Balaban J connectivity index is 1.85. The topological polar surface area (TPSA) is 46.5 Å². The number of aliphatic hydroxyl groups is 1. The average molecular weight is 350 g/mol. The number of aliphatic hydroxyl groups excluding tert-OH is 1. The fourth-order valence-corrected chi connectivity index (χ4v) is 3.16. The molecule has 1 aliphatic rings. The highest BCUT2D eigenvalue weighted by Gasteiger charge is 2.51. The molecule has 25 heavy (non-hydrogen) atoms. The lowest BCUT2D eigenvalue weighted by Gasteiger charge is -2.48. The molecule has 2 atom stereocenters. The van der Waals surface area contributed by atoms with Crippen LogP contribution in [0.15, 0.2) is 54.6 Å². The summed E-state index contributed by atoms with van der Waals surface area (Å²) >= 11 is 0. The van der Waals surface area contributed by atoms with Crippen molar-refractivity contribution in [2.75, 3.05) is 6.61 Å². The van der Waals surface area contributed by atoms with E-state index in [0.717, 1.165) is 29.8 Å². The predicted molar refractivity (Wildman–Crippen MR) is 84.8 cm³/mol. The average Bonchev–Trinajstić information content (AvgIpc) is 2.59. The number of halogens is 3. The van der Waals surface area contributed by atoms with Crippen LogP contribution in [0.1, 0.15) is 34.3 Å². The van der Waals surface area contributed by atoms with Gasteiger partial charge in [0.25, 0.3) is 0 Å². The minimum absolute atomic E-state index is 0.0481. The third-order valence-electron chi connectivity index (χ3n) is 4.73. The summed E-state index contributed by atoms with van der Waals surface area (Å²) in [5.41, 5.74) is -0.929. The van der Waals surface area contributed by atoms with E-state index >= 15 is 0 Å². The Labute approximate surface area is 143 Å². The van der Waals surface area contributed by atoms with Gasteiger partial charge in [-0.3, -0.25) is 0 Å². The first-order valence-electron chi connectivity index (χ1n) is 7.94. The predicted octanol–water partition coefficient (Wildman–Crippen LogP) is 4.16. The van der Waals surface area contributed by atoms with Gasteiger partial charge in [0.2, 0.25) is 0 Å². The number of benzene rings is 2. The van der Waals surface area contributed by atoms with E-state index in [9.17, 15) is 23.1 Å².